The number of nitrogens with one attached hydrogen (secondary N) is 1. The van der Waals surface area contributed by atoms with Gasteiger partial charge in [-0.15, -0.1) is 5.10 Å². The molecule has 1 N–H and O–H groups in total. The number of nitrogens with zero attached hydrogens (tertiary/aromatic N) is 4. The maximum Gasteiger partial charge on any atom is 0.252 e. The van der Waals surface area contributed by atoms with E-state index in [1.54, 1.807) is 30.3 Å². The second-order valence-electron chi connectivity index (χ2n) is 6.08. The Morgan fingerprint density at radius 1 is 1.26 bits per heavy atom. The summed E-state index contributed by atoms with van der Waals surface area (Å²) in [6.07, 6.45) is 1.34. The molecule has 0 bridgehead atoms. The number of rotatable bonds is 4. The van der Waals surface area contributed by atoms with Crippen LogP contribution in [0, 0.1) is 16.7 Å². The number of hydrogen-bond acceptors (Lipinski definition) is 5. The number of ketones is 1. The van der Waals surface area contributed by atoms with Crippen molar-refractivity contribution in [1.29, 1.82) is 5.26 Å². The minimum absolute atomic E-state index is 0.00236. The number of anilines is 1. The van der Waals surface area contributed by atoms with Crippen LogP contribution in [0.5, 0.6) is 0 Å². The minimum Gasteiger partial charge on any atom is -0.326 e. The van der Waals surface area contributed by atoms with E-state index in [1.165, 1.54) is 11.0 Å². The van der Waals surface area contributed by atoms with E-state index in [2.05, 4.69) is 15.4 Å². The summed E-state index contributed by atoms with van der Waals surface area (Å²) in [5.41, 5.74) is 0.641. The molecule has 0 radical (unpaired) electrons. The fourth-order valence-corrected chi connectivity index (χ4v) is 1.72. The minimum atomic E-state index is -0.486. The summed E-state index contributed by atoms with van der Waals surface area (Å²) < 4.78 is 1.32. The van der Waals surface area contributed by atoms with Gasteiger partial charge < -0.3 is 5.32 Å². The third-order valence-corrected chi connectivity index (χ3v) is 3.09. The number of carbonyl (C=O) groups excluding carboxylic acids is 2. The van der Waals surface area contributed by atoms with Gasteiger partial charge in [-0.2, -0.15) is 5.26 Å². The molecule has 23 heavy (non-hydrogen) atoms. The van der Waals surface area contributed by atoms with E-state index in [4.69, 9.17) is 5.26 Å². The molecule has 1 heterocycles. The number of amides is 1. The fraction of sp³-hybridized carbons (Fsp3) is 0.312. The lowest BCUT2D eigenvalue weighted by atomic mass is 9.95. The Morgan fingerprint density at radius 3 is 2.43 bits per heavy atom. The number of aromatic nitrogens is 3. The van der Waals surface area contributed by atoms with E-state index < -0.39 is 5.41 Å². The molecule has 0 atom stereocenters. The zero-order valence-electron chi connectivity index (χ0n) is 13.2. The number of benzene rings is 1. The molecule has 0 saturated heterocycles. The van der Waals surface area contributed by atoms with Crippen LogP contribution in [0.3, 0.4) is 0 Å². The number of nitriles is 1. The van der Waals surface area contributed by atoms with Crippen LogP contribution in [0.15, 0.2) is 30.6 Å². The first-order valence-electron chi connectivity index (χ1n) is 7.04. The molecule has 7 heteroatoms. The van der Waals surface area contributed by atoms with Crippen molar-refractivity contribution in [3.63, 3.8) is 0 Å². The number of Topliss-reactive ketones (excluding diaryl/α,β-unsaturated/α-hetero) is 1. The molecule has 0 unspecified atom stereocenters. The van der Waals surface area contributed by atoms with E-state index in [9.17, 15) is 9.59 Å². The maximum absolute atomic E-state index is 12.1. The van der Waals surface area contributed by atoms with Gasteiger partial charge in [-0.3, -0.25) is 9.59 Å². The second kappa shape index (κ2) is 6.40. The molecule has 0 aliphatic heterocycles. The van der Waals surface area contributed by atoms with Crippen molar-refractivity contribution < 1.29 is 9.59 Å². The van der Waals surface area contributed by atoms with E-state index in [1.807, 2.05) is 20.8 Å². The molecule has 7 nitrogen and oxygen atoms in total. The summed E-state index contributed by atoms with van der Waals surface area (Å²) in [7, 11) is 0. The van der Waals surface area contributed by atoms with Gasteiger partial charge in [0.15, 0.2) is 5.78 Å². The lowest BCUT2D eigenvalue weighted by molar-refractivity contribution is -0.123. The van der Waals surface area contributed by atoms with E-state index in [0.29, 0.717) is 11.3 Å². The van der Waals surface area contributed by atoms with Crippen molar-refractivity contribution in [2.75, 3.05) is 5.32 Å². The van der Waals surface area contributed by atoms with Gasteiger partial charge in [-0.1, -0.05) is 20.8 Å². The molecule has 1 aromatic heterocycles. The summed E-state index contributed by atoms with van der Waals surface area (Å²) in [4.78, 5) is 27.8. The lowest BCUT2D eigenvalue weighted by Crippen LogP contribution is -2.27. The van der Waals surface area contributed by atoms with Crippen molar-refractivity contribution in [3.05, 3.63) is 42.0 Å². The van der Waals surface area contributed by atoms with Gasteiger partial charge in [-0.05, 0) is 24.3 Å². The normalized spacial score (nSPS) is 10.9. The van der Waals surface area contributed by atoms with E-state index in [-0.39, 0.29) is 24.1 Å². The first-order valence-corrected chi connectivity index (χ1v) is 7.04. The highest BCUT2D eigenvalue weighted by atomic mass is 16.2. The Morgan fingerprint density at radius 2 is 1.91 bits per heavy atom. The average molecular weight is 311 g/mol. The molecule has 2 aromatic rings. The van der Waals surface area contributed by atoms with Crippen LogP contribution in [0.2, 0.25) is 0 Å². The summed E-state index contributed by atoms with van der Waals surface area (Å²) in [6, 6.07) is 8.45. The number of hydrogen-bond donors (Lipinski definition) is 1. The van der Waals surface area contributed by atoms with Crippen LogP contribution in [0.25, 0.3) is 0 Å². The molecular formula is C16H17N5O2. The molecule has 118 valence electrons. The van der Waals surface area contributed by atoms with Gasteiger partial charge in [0.2, 0.25) is 5.91 Å². The highest BCUT2D eigenvalue weighted by molar-refractivity contribution is 5.97. The first kappa shape index (κ1) is 16.4. The predicted molar refractivity (Wildman–Crippen MR) is 83.6 cm³/mol. The van der Waals surface area contributed by atoms with Gasteiger partial charge in [0, 0.05) is 16.7 Å². The van der Waals surface area contributed by atoms with Gasteiger partial charge in [0.25, 0.3) is 5.82 Å². The summed E-state index contributed by atoms with van der Waals surface area (Å²) in [5, 5.41) is 15.3. The molecule has 0 spiro atoms. The van der Waals surface area contributed by atoms with Crippen LogP contribution in [0.1, 0.15) is 37.0 Å². The Hall–Kier alpha value is -3.01. The molecule has 0 aliphatic carbocycles. The molecular weight excluding hydrogens is 294 g/mol. The van der Waals surface area contributed by atoms with Gasteiger partial charge in [0.1, 0.15) is 18.9 Å². The monoisotopic (exact) mass is 311 g/mol. The topological polar surface area (TPSA) is 101 Å². The fourth-order valence-electron chi connectivity index (χ4n) is 1.72. The molecule has 0 aliphatic rings. The standard InChI is InChI=1S/C16H17N5O2/c1-16(2,3)15(23)19-12-6-4-11(5-7-12)13(22)9-21-10-18-14(8-17)20-21/h4-7,10H,9H2,1-3H3,(H,19,23). The quantitative estimate of drug-likeness (QED) is 0.870. The number of carbonyl (C=O) groups is 2. The summed E-state index contributed by atoms with van der Waals surface area (Å²) in [6.45, 7) is 5.48. The van der Waals surface area contributed by atoms with E-state index >= 15 is 0 Å². The van der Waals surface area contributed by atoms with Crippen LogP contribution in [-0.2, 0) is 11.3 Å². The predicted octanol–water partition coefficient (Wildman–Crippen LogP) is 2.02. The molecule has 2 rings (SSSR count). The van der Waals surface area contributed by atoms with Crippen molar-refractivity contribution in [2.24, 2.45) is 5.41 Å². The lowest BCUT2D eigenvalue weighted by Gasteiger charge is -2.17. The van der Waals surface area contributed by atoms with Crippen LogP contribution < -0.4 is 5.32 Å². The first-order chi connectivity index (χ1) is 10.8. The SMILES string of the molecule is CC(C)(C)C(=O)Nc1ccc(C(=O)Cn2cnc(C#N)n2)cc1. The summed E-state index contributed by atoms with van der Waals surface area (Å²) >= 11 is 0. The molecule has 0 fully saturated rings. The largest absolute Gasteiger partial charge is 0.326 e. The summed E-state index contributed by atoms with van der Waals surface area (Å²) in [5.74, 6) is -0.227. The third-order valence-electron chi connectivity index (χ3n) is 3.09. The average Bonchev–Trinajstić information content (AvgIpc) is 2.94. The zero-order valence-corrected chi connectivity index (χ0v) is 13.2. The van der Waals surface area contributed by atoms with Crippen molar-refractivity contribution in [1.82, 2.24) is 14.8 Å². The van der Waals surface area contributed by atoms with Crippen molar-refractivity contribution in [3.8, 4) is 6.07 Å². The third kappa shape index (κ3) is 4.23. The Balaban J connectivity index is 2.03. The highest BCUT2D eigenvalue weighted by Crippen LogP contribution is 2.18. The maximum atomic E-state index is 12.1. The van der Waals surface area contributed by atoms with E-state index in [0.717, 1.165) is 0 Å². The van der Waals surface area contributed by atoms with Gasteiger partial charge in [-0.25, -0.2) is 9.67 Å². The molecule has 0 saturated carbocycles. The van der Waals surface area contributed by atoms with Crippen molar-refractivity contribution in [2.45, 2.75) is 27.3 Å². The highest BCUT2D eigenvalue weighted by Gasteiger charge is 2.21. The van der Waals surface area contributed by atoms with Crippen LogP contribution in [-0.4, -0.2) is 26.5 Å². The Labute approximate surface area is 134 Å². The molecule has 1 aromatic carbocycles. The van der Waals surface area contributed by atoms with Crippen molar-refractivity contribution >= 4 is 17.4 Å². The van der Waals surface area contributed by atoms with Gasteiger partial charge in [0.05, 0.1) is 0 Å². The second-order valence-corrected chi connectivity index (χ2v) is 6.08. The van der Waals surface area contributed by atoms with Gasteiger partial charge >= 0.3 is 0 Å². The smallest absolute Gasteiger partial charge is 0.252 e. The Bertz CT molecular complexity index is 763. The van der Waals surface area contributed by atoms with Crippen LogP contribution >= 0.6 is 0 Å². The molecule has 1 amide bonds. The van der Waals surface area contributed by atoms with Crippen LogP contribution in [0.4, 0.5) is 5.69 Å². The zero-order chi connectivity index (χ0) is 17.0. The Kier molecular flexibility index (Phi) is 4.55.